The summed E-state index contributed by atoms with van der Waals surface area (Å²) in [7, 11) is 0. The second-order valence-corrected chi connectivity index (χ2v) is 17.1. The van der Waals surface area contributed by atoms with Crippen LogP contribution < -0.4 is 20.9 Å². The second kappa shape index (κ2) is 24.8. The molecule has 0 aliphatic carbocycles. The molecule has 8 nitrogen and oxygen atoms in total. The number of anilines is 2. The number of alkyl halides is 10. The van der Waals surface area contributed by atoms with Gasteiger partial charge >= 0.3 is 36.5 Å². The van der Waals surface area contributed by atoms with Crippen molar-refractivity contribution in [1.29, 1.82) is 0 Å². The number of hydrogen-bond acceptors (Lipinski definition) is 8. The molecule has 0 aromatic heterocycles. The molecule has 390 valence electrons. The van der Waals surface area contributed by atoms with Crippen molar-refractivity contribution < 1.29 is 72.4 Å². The third-order valence-electron chi connectivity index (χ3n) is 11.3. The SMILES string of the molecule is Nc1ccc(-c2ccc(N)cc2COC(=O)/C=C/c2ccc(C(F)(F)Oc3ccc(CCCCC(F)(F)F)cc3)cc2)c(COC(=O)/C=C/c2ccc(C(F)(F)Oc3ccc(CCCCC(F)(F)F)cc3)cc2)c1. The Kier molecular flexibility index (Phi) is 18.6. The molecule has 0 unspecified atom stereocenters. The van der Waals surface area contributed by atoms with Crippen molar-refractivity contribution >= 4 is 35.5 Å². The minimum absolute atomic E-state index is 0.0395. The van der Waals surface area contributed by atoms with Crippen LogP contribution in [0.2, 0.25) is 0 Å². The van der Waals surface area contributed by atoms with Crippen molar-refractivity contribution in [1.82, 2.24) is 0 Å². The van der Waals surface area contributed by atoms with E-state index in [4.69, 9.17) is 30.4 Å². The van der Waals surface area contributed by atoms with Crippen molar-refractivity contribution in [3.05, 3.63) is 190 Å². The van der Waals surface area contributed by atoms with E-state index in [9.17, 15) is 35.9 Å². The van der Waals surface area contributed by atoms with E-state index in [1.54, 1.807) is 36.4 Å². The van der Waals surface area contributed by atoms with Crippen LogP contribution in [0.3, 0.4) is 0 Å². The van der Waals surface area contributed by atoms with Crippen molar-refractivity contribution in [2.45, 2.75) is 89.2 Å². The van der Waals surface area contributed by atoms with Crippen molar-refractivity contribution in [3.8, 4) is 22.6 Å². The molecular weight excluding hydrogens is 987 g/mol. The Hall–Kier alpha value is -7.76. The normalized spacial score (nSPS) is 12.3. The second-order valence-electron chi connectivity index (χ2n) is 17.1. The zero-order chi connectivity index (χ0) is 53.5. The van der Waals surface area contributed by atoms with Crippen molar-refractivity contribution in [3.63, 3.8) is 0 Å². The first-order valence-corrected chi connectivity index (χ1v) is 23.1. The molecule has 0 aliphatic rings. The van der Waals surface area contributed by atoms with Gasteiger partial charge in [0.1, 0.15) is 24.7 Å². The number of carbonyl (C=O) groups is 2. The molecule has 18 heteroatoms. The van der Waals surface area contributed by atoms with E-state index in [0.717, 1.165) is 36.4 Å². The van der Waals surface area contributed by atoms with E-state index in [1.165, 1.54) is 84.9 Å². The quantitative estimate of drug-likeness (QED) is 0.0214. The van der Waals surface area contributed by atoms with Gasteiger partial charge in [0.15, 0.2) is 0 Å². The Labute approximate surface area is 420 Å². The van der Waals surface area contributed by atoms with Crippen molar-refractivity contribution in [2.75, 3.05) is 11.5 Å². The number of ether oxygens (including phenoxy) is 4. The first kappa shape index (κ1) is 55.6. The average Bonchev–Trinajstić information content (AvgIpc) is 3.34. The molecule has 0 aliphatic heterocycles. The fourth-order valence-electron chi connectivity index (χ4n) is 7.46. The lowest BCUT2D eigenvalue weighted by atomic mass is 9.95. The third-order valence-corrected chi connectivity index (χ3v) is 11.3. The lowest BCUT2D eigenvalue weighted by molar-refractivity contribution is -0.186. The van der Waals surface area contributed by atoms with Gasteiger partial charge in [-0.2, -0.15) is 43.9 Å². The Bertz CT molecular complexity index is 2670. The summed E-state index contributed by atoms with van der Waals surface area (Å²) in [5.41, 5.74) is 16.2. The molecule has 0 atom stereocenters. The zero-order valence-electron chi connectivity index (χ0n) is 39.5. The van der Waals surface area contributed by atoms with Gasteiger partial charge in [0.2, 0.25) is 0 Å². The Morgan fingerprint density at radius 2 is 0.797 bits per heavy atom. The van der Waals surface area contributed by atoms with Crippen LogP contribution in [0, 0.1) is 0 Å². The fourth-order valence-corrected chi connectivity index (χ4v) is 7.46. The first-order valence-electron chi connectivity index (χ1n) is 23.1. The molecule has 4 N–H and O–H groups in total. The summed E-state index contributed by atoms with van der Waals surface area (Å²) in [4.78, 5) is 25.7. The Balaban J connectivity index is 0.995. The number of unbranched alkanes of at least 4 members (excludes halogenated alkanes) is 2. The molecular formula is C56H50F10N2O6. The number of nitrogen functional groups attached to an aromatic ring is 2. The maximum atomic E-state index is 15.0. The van der Waals surface area contributed by atoms with Crippen LogP contribution in [0.15, 0.2) is 146 Å². The standard InChI is InChI=1S/C56H50F10N2O6/c57-53(58,59)31-3-1-5-37-11-23-47(24-12-37)73-55(63,64)43-17-7-39(8-18-43)15-29-51(69)71-35-41-33-45(67)21-27-49(41)50-28-22-46(68)34-42(50)36-72-52(70)30-16-40-9-19-44(20-10-40)56(65,66)74-48-25-13-38(14-26-48)6-2-4-32-54(60,61)62/h7-30,33-34H,1-6,31-32,35-36,67-68H2/b29-15+,30-16+. The predicted molar refractivity (Wildman–Crippen MR) is 260 cm³/mol. The van der Waals surface area contributed by atoms with Crippen LogP contribution in [0.25, 0.3) is 23.3 Å². The van der Waals surface area contributed by atoms with Gasteiger partial charge in [-0.15, -0.1) is 0 Å². The van der Waals surface area contributed by atoms with Crippen LogP contribution in [-0.2, 0) is 57.3 Å². The molecule has 0 heterocycles. The van der Waals surface area contributed by atoms with Gasteiger partial charge in [0.25, 0.3) is 0 Å². The molecule has 6 aromatic rings. The van der Waals surface area contributed by atoms with Crippen LogP contribution >= 0.6 is 0 Å². The highest BCUT2D eigenvalue weighted by Crippen LogP contribution is 2.35. The van der Waals surface area contributed by atoms with Crippen LogP contribution in [0.5, 0.6) is 11.5 Å². The van der Waals surface area contributed by atoms with Gasteiger partial charge < -0.3 is 30.4 Å². The number of halogens is 10. The summed E-state index contributed by atoms with van der Waals surface area (Å²) < 4.78 is 155. The summed E-state index contributed by atoms with van der Waals surface area (Å²) in [5, 5.41) is 0. The van der Waals surface area contributed by atoms with Crippen LogP contribution in [0.4, 0.5) is 55.3 Å². The van der Waals surface area contributed by atoms with Gasteiger partial charge in [0, 0.05) is 36.4 Å². The van der Waals surface area contributed by atoms with Crippen LogP contribution in [-0.4, -0.2) is 24.3 Å². The molecule has 0 saturated heterocycles. The molecule has 6 aromatic carbocycles. The van der Waals surface area contributed by atoms with Crippen molar-refractivity contribution in [2.24, 2.45) is 0 Å². The lowest BCUT2D eigenvalue weighted by Gasteiger charge is -2.18. The number of esters is 2. The third kappa shape index (κ3) is 17.8. The zero-order valence-corrected chi connectivity index (χ0v) is 39.5. The van der Waals surface area contributed by atoms with Gasteiger partial charge in [-0.3, -0.25) is 0 Å². The largest absolute Gasteiger partial charge is 0.458 e. The number of aryl methyl sites for hydroxylation is 2. The van der Waals surface area contributed by atoms with Gasteiger partial charge in [-0.05, 0) is 168 Å². The molecule has 6 rings (SSSR count). The topological polar surface area (TPSA) is 123 Å². The smallest absolute Gasteiger partial charge is 0.426 e. The molecule has 0 bridgehead atoms. The molecule has 0 amide bonds. The van der Waals surface area contributed by atoms with Gasteiger partial charge in [0.05, 0.1) is 11.1 Å². The molecule has 74 heavy (non-hydrogen) atoms. The Morgan fingerprint density at radius 3 is 1.14 bits per heavy atom. The van der Waals surface area contributed by atoms with E-state index >= 15 is 17.6 Å². The monoisotopic (exact) mass is 1040 g/mol. The number of benzene rings is 6. The number of hydrogen-bond donors (Lipinski definition) is 2. The summed E-state index contributed by atoms with van der Waals surface area (Å²) in [6.07, 6.45) is -11.5. The summed E-state index contributed by atoms with van der Waals surface area (Å²) in [6.45, 7) is -0.499. The Morgan fingerprint density at radius 1 is 0.446 bits per heavy atom. The predicted octanol–water partition coefficient (Wildman–Crippen LogP) is 14.8. The summed E-state index contributed by atoms with van der Waals surface area (Å²) in [6, 6.07) is 31.1. The molecule has 0 saturated carbocycles. The number of carbonyl (C=O) groups excluding carboxylic acids is 2. The number of nitrogens with two attached hydrogens (primary N) is 2. The lowest BCUT2D eigenvalue weighted by Crippen LogP contribution is -2.21. The maximum Gasteiger partial charge on any atom is 0.426 e. The van der Waals surface area contributed by atoms with E-state index in [2.05, 4.69) is 0 Å². The fraction of sp³-hybridized carbons (Fsp3) is 0.250. The highest BCUT2D eigenvalue weighted by Gasteiger charge is 2.35. The molecule has 0 spiro atoms. The highest BCUT2D eigenvalue weighted by molar-refractivity contribution is 5.88. The minimum Gasteiger partial charge on any atom is -0.458 e. The van der Waals surface area contributed by atoms with E-state index in [-0.39, 0.29) is 37.6 Å². The molecule has 0 radical (unpaired) electrons. The van der Waals surface area contributed by atoms with Crippen LogP contribution in [0.1, 0.15) is 83.0 Å². The maximum absolute atomic E-state index is 15.0. The van der Waals surface area contributed by atoms with E-state index < -0.39 is 60.5 Å². The average molecular weight is 1040 g/mol. The van der Waals surface area contributed by atoms with E-state index in [0.29, 0.717) is 81.6 Å². The first-order chi connectivity index (χ1) is 35.0. The summed E-state index contributed by atoms with van der Waals surface area (Å²) in [5.74, 6) is -1.81. The number of rotatable bonds is 23. The van der Waals surface area contributed by atoms with Gasteiger partial charge in [-0.1, -0.05) is 60.7 Å². The van der Waals surface area contributed by atoms with E-state index in [1.807, 2.05) is 0 Å². The summed E-state index contributed by atoms with van der Waals surface area (Å²) >= 11 is 0. The minimum atomic E-state index is -4.23. The van der Waals surface area contributed by atoms with Gasteiger partial charge in [-0.25, -0.2) is 9.59 Å². The highest BCUT2D eigenvalue weighted by atomic mass is 19.4. The molecule has 0 fully saturated rings.